The lowest BCUT2D eigenvalue weighted by atomic mass is 10.1. The molecule has 0 aliphatic rings. The van der Waals surface area contributed by atoms with Crippen molar-refractivity contribution >= 4 is 33.2 Å². The average Bonchev–Trinajstić information content (AvgIpc) is 2.32. The Morgan fingerprint density at radius 2 is 1.80 bits per heavy atom. The molecule has 3 nitrogen and oxygen atoms in total. The van der Waals surface area contributed by atoms with E-state index in [-0.39, 0.29) is 4.47 Å². The highest BCUT2D eigenvalue weighted by Gasteiger charge is 2.19. The van der Waals surface area contributed by atoms with Crippen molar-refractivity contribution in [2.75, 3.05) is 11.1 Å². The van der Waals surface area contributed by atoms with Crippen molar-refractivity contribution in [3.63, 3.8) is 0 Å². The van der Waals surface area contributed by atoms with Crippen LogP contribution in [-0.4, -0.2) is 5.91 Å². The van der Waals surface area contributed by atoms with Gasteiger partial charge in [0.05, 0.1) is 0 Å². The Bertz CT molecular complexity index is 666. The maximum atomic E-state index is 13.7. The maximum absolute atomic E-state index is 13.7. The molecule has 0 atom stereocenters. The minimum absolute atomic E-state index is 0.226. The Morgan fingerprint density at radius 3 is 2.40 bits per heavy atom. The zero-order chi connectivity index (χ0) is 14.9. The minimum atomic E-state index is -0.934. The summed E-state index contributed by atoms with van der Waals surface area (Å²) in [6.45, 7) is 1.75. The Labute approximate surface area is 122 Å². The van der Waals surface area contributed by atoms with Crippen molar-refractivity contribution in [1.82, 2.24) is 0 Å². The van der Waals surface area contributed by atoms with Gasteiger partial charge in [-0.25, -0.2) is 8.78 Å². The number of benzene rings is 2. The Morgan fingerprint density at radius 1 is 1.20 bits per heavy atom. The van der Waals surface area contributed by atoms with Crippen LogP contribution in [0.5, 0.6) is 0 Å². The van der Waals surface area contributed by atoms with Gasteiger partial charge >= 0.3 is 0 Å². The third-order valence-electron chi connectivity index (χ3n) is 2.74. The lowest BCUT2D eigenvalue weighted by Gasteiger charge is -2.10. The molecular formula is C14H11BrF2N2O. The summed E-state index contributed by atoms with van der Waals surface area (Å²) in [5, 5.41) is 2.45. The standard InChI is InChI=1S/C14H11BrF2N2O/c1-7-2-3-9(18)6-12(7)19-14(20)13-10(16)4-8(15)5-11(13)17/h2-6H,18H2,1H3,(H,19,20). The number of halogens is 3. The summed E-state index contributed by atoms with van der Waals surface area (Å²) >= 11 is 2.96. The molecule has 0 aliphatic carbocycles. The summed E-state index contributed by atoms with van der Waals surface area (Å²) in [5.41, 5.74) is 6.59. The van der Waals surface area contributed by atoms with Gasteiger partial charge in [0.25, 0.3) is 5.91 Å². The molecule has 20 heavy (non-hydrogen) atoms. The number of nitrogens with one attached hydrogen (secondary N) is 1. The quantitative estimate of drug-likeness (QED) is 0.815. The third kappa shape index (κ3) is 2.96. The molecule has 0 saturated heterocycles. The summed E-state index contributed by atoms with van der Waals surface area (Å²) in [6.07, 6.45) is 0. The van der Waals surface area contributed by atoms with E-state index in [1.165, 1.54) is 6.07 Å². The van der Waals surface area contributed by atoms with Crippen LogP contribution < -0.4 is 11.1 Å². The largest absolute Gasteiger partial charge is 0.399 e. The van der Waals surface area contributed by atoms with E-state index in [2.05, 4.69) is 21.2 Å². The molecular weight excluding hydrogens is 330 g/mol. The molecule has 0 bridgehead atoms. The number of hydrogen-bond acceptors (Lipinski definition) is 2. The van der Waals surface area contributed by atoms with Crippen LogP contribution >= 0.6 is 15.9 Å². The number of carbonyl (C=O) groups is 1. The number of nitrogen functional groups attached to an aromatic ring is 1. The molecule has 0 aliphatic heterocycles. The molecule has 0 radical (unpaired) electrons. The lowest BCUT2D eigenvalue weighted by Crippen LogP contribution is -2.16. The van der Waals surface area contributed by atoms with Gasteiger partial charge in [-0.3, -0.25) is 4.79 Å². The van der Waals surface area contributed by atoms with Gasteiger partial charge in [-0.1, -0.05) is 22.0 Å². The molecule has 2 rings (SSSR count). The summed E-state index contributed by atoms with van der Waals surface area (Å²) in [7, 11) is 0. The number of aryl methyl sites for hydroxylation is 1. The van der Waals surface area contributed by atoms with Crippen molar-refractivity contribution in [3.8, 4) is 0 Å². The molecule has 1 amide bonds. The first kappa shape index (κ1) is 14.5. The van der Waals surface area contributed by atoms with Crippen LogP contribution in [0.4, 0.5) is 20.2 Å². The predicted molar refractivity (Wildman–Crippen MR) is 77.6 cm³/mol. The Balaban J connectivity index is 2.36. The number of hydrogen-bond donors (Lipinski definition) is 2. The van der Waals surface area contributed by atoms with Crippen molar-refractivity contribution in [2.24, 2.45) is 0 Å². The van der Waals surface area contributed by atoms with Gasteiger partial charge in [0.1, 0.15) is 17.2 Å². The topological polar surface area (TPSA) is 55.1 Å². The molecule has 2 aromatic carbocycles. The Kier molecular flexibility index (Phi) is 4.04. The Hall–Kier alpha value is -1.95. The highest BCUT2D eigenvalue weighted by molar-refractivity contribution is 9.10. The van der Waals surface area contributed by atoms with Crippen molar-refractivity contribution < 1.29 is 13.6 Å². The molecule has 6 heteroatoms. The van der Waals surface area contributed by atoms with Crippen molar-refractivity contribution in [2.45, 2.75) is 6.92 Å². The van der Waals surface area contributed by atoms with Gasteiger partial charge in [-0.05, 0) is 36.8 Å². The van der Waals surface area contributed by atoms with E-state index in [1.54, 1.807) is 19.1 Å². The lowest BCUT2D eigenvalue weighted by molar-refractivity contribution is 0.101. The fourth-order valence-electron chi connectivity index (χ4n) is 1.72. The van der Waals surface area contributed by atoms with Crippen LogP contribution in [0.2, 0.25) is 0 Å². The molecule has 104 valence electrons. The molecule has 3 N–H and O–H groups in total. The zero-order valence-corrected chi connectivity index (χ0v) is 12.1. The summed E-state index contributed by atoms with van der Waals surface area (Å²) in [6, 6.07) is 6.97. The molecule has 0 unspecified atom stereocenters. The van der Waals surface area contributed by atoms with Gasteiger partial charge in [-0.2, -0.15) is 0 Å². The predicted octanol–water partition coefficient (Wildman–Crippen LogP) is 3.87. The van der Waals surface area contributed by atoms with Gasteiger partial charge in [0.2, 0.25) is 0 Å². The van der Waals surface area contributed by atoms with E-state index in [0.717, 1.165) is 17.7 Å². The summed E-state index contributed by atoms with van der Waals surface area (Å²) in [5.74, 6) is -2.73. The van der Waals surface area contributed by atoms with Crippen LogP contribution in [-0.2, 0) is 0 Å². The second-order valence-electron chi connectivity index (χ2n) is 4.27. The highest BCUT2D eigenvalue weighted by Crippen LogP contribution is 2.23. The minimum Gasteiger partial charge on any atom is -0.399 e. The van der Waals surface area contributed by atoms with Gasteiger partial charge in [-0.15, -0.1) is 0 Å². The number of nitrogens with two attached hydrogens (primary N) is 1. The smallest absolute Gasteiger partial charge is 0.261 e. The van der Waals surface area contributed by atoms with E-state index in [1.807, 2.05) is 0 Å². The van der Waals surface area contributed by atoms with E-state index in [4.69, 9.17) is 5.73 Å². The first-order valence-corrected chi connectivity index (χ1v) is 6.50. The van der Waals surface area contributed by atoms with Crippen molar-refractivity contribution in [3.05, 3.63) is 57.6 Å². The second kappa shape index (κ2) is 5.58. The monoisotopic (exact) mass is 340 g/mol. The zero-order valence-electron chi connectivity index (χ0n) is 10.5. The molecule has 0 saturated carbocycles. The van der Waals surface area contributed by atoms with Gasteiger partial charge < -0.3 is 11.1 Å². The van der Waals surface area contributed by atoms with E-state index < -0.39 is 23.1 Å². The normalized spacial score (nSPS) is 10.4. The maximum Gasteiger partial charge on any atom is 0.261 e. The number of carbonyl (C=O) groups excluding carboxylic acids is 1. The highest BCUT2D eigenvalue weighted by atomic mass is 79.9. The first-order valence-electron chi connectivity index (χ1n) is 5.70. The molecule has 2 aromatic rings. The molecule has 0 fully saturated rings. The second-order valence-corrected chi connectivity index (χ2v) is 5.19. The van der Waals surface area contributed by atoms with Gasteiger partial charge in [0.15, 0.2) is 0 Å². The van der Waals surface area contributed by atoms with Gasteiger partial charge in [0, 0.05) is 15.8 Å². The summed E-state index contributed by atoms with van der Waals surface area (Å²) in [4.78, 5) is 12.0. The SMILES string of the molecule is Cc1ccc(N)cc1NC(=O)c1c(F)cc(Br)cc1F. The van der Waals surface area contributed by atoms with Crippen LogP contribution in [0.1, 0.15) is 15.9 Å². The fraction of sp³-hybridized carbons (Fsp3) is 0.0714. The summed E-state index contributed by atoms with van der Waals surface area (Å²) < 4.78 is 27.6. The molecule has 0 heterocycles. The number of amides is 1. The third-order valence-corrected chi connectivity index (χ3v) is 3.20. The van der Waals surface area contributed by atoms with E-state index in [9.17, 15) is 13.6 Å². The van der Waals surface area contributed by atoms with Crippen LogP contribution in [0.25, 0.3) is 0 Å². The van der Waals surface area contributed by atoms with Crippen molar-refractivity contribution in [1.29, 1.82) is 0 Å². The number of rotatable bonds is 2. The fourth-order valence-corrected chi connectivity index (χ4v) is 2.12. The van der Waals surface area contributed by atoms with Crippen LogP contribution in [0.15, 0.2) is 34.8 Å². The molecule has 0 aromatic heterocycles. The molecule has 0 spiro atoms. The van der Waals surface area contributed by atoms with E-state index >= 15 is 0 Å². The number of anilines is 2. The van der Waals surface area contributed by atoms with Crippen LogP contribution in [0.3, 0.4) is 0 Å². The average molecular weight is 341 g/mol. The van der Waals surface area contributed by atoms with E-state index in [0.29, 0.717) is 11.4 Å². The first-order chi connectivity index (χ1) is 9.38. The van der Waals surface area contributed by atoms with Crippen LogP contribution in [0, 0.1) is 18.6 Å².